The van der Waals surface area contributed by atoms with Crippen molar-refractivity contribution in [3.8, 4) is 44.5 Å². The molecule has 0 saturated carbocycles. The molecule has 13 rings (SSSR count). The number of para-hydroxylation sites is 2. The fourth-order valence-electron chi connectivity index (χ4n) is 11.2. The number of rotatable bonds is 8. The first kappa shape index (κ1) is 39.8. The molecule has 5 unspecified atom stereocenters. The van der Waals surface area contributed by atoms with Crippen LogP contribution in [0.1, 0.15) is 34.1 Å². The van der Waals surface area contributed by atoms with Crippen molar-refractivity contribution in [3.05, 3.63) is 271 Å². The van der Waals surface area contributed by atoms with E-state index in [2.05, 4.69) is 264 Å². The van der Waals surface area contributed by atoms with Gasteiger partial charge in [-0.3, -0.25) is 0 Å². The van der Waals surface area contributed by atoms with E-state index in [0.29, 0.717) is 0 Å². The summed E-state index contributed by atoms with van der Waals surface area (Å²) in [5, 5.41) is 3.72. The molecule has 324 valence electrons. The summed E-state index contributed by atoms with van der Waals surface area (Å²) in [5.74, 6) is 1.84. The average molecular weight is 874 g/mol. The van der Waals surface area contributed by atoms with Gasteiger partial charge in [0.25, 0.3) is 0 Å². The lowest BCUT2D eigenvalue weighted by Crippen LogP contribution is -2.56. The van der Waals surface area contributed by atoms with Gasteiger partial charge >= 0.3 is 0 Å². The van der Waals surface area contributed by atoms with Gasteiger partial charge in [-0.1, -0.05) is 224 Å². The first-order valence-electron chi connectivity index (χ1n) is 23.7. The third-order valence-corrected chi connectivity index (χ3v) is 14.3. The van der Waals surface area contributed by atoms with Crippen LogP contribution < -0.4 is 15.1 Å². The largest absolute Gasteiger partial charge is 0.335 e. The van der Waals surface area contributed by atoms with Crippen LogP contribution in [0.2, 0.25) is 0 Å². The van der Waals surface area contributed by atoms with Crippen LogP contribution in [0.15, 0.2) is 259 Å². The molecule has 0 fully saturated rings. The van der Waals surface area contributed by atoms with Gasteiger partial charge in [0.15, 0.2) is 0 Å². The van der Waals surface area contributed by atoms with Crippen molar-refractivity contribution >= 4 is 28.7 Å². The van der Waals surface area contributed by atoms with Crippen LogP contribution in [0.5, 0.6) is 0 Å². The maximum absolute atomic E-state index is 5.64. The monoisotopic (exact) mass is 873 g/mol. The summed E-state index contributed by atoms with van der Waals surface area (Å²) in [6, 6.07) is 85.3. The summed E-state index contributed by atoms with van der Waals surface area (Å²) in [5.41, 5.74) is 17.8. The SMILES string of the molecule is C1=CC2c3ccccc3N(C3N=C(c4ccccc4)NC(c4ccc(-c5cccc(-c6ccccc6)c5)cc4)=N3)C2C2C1c1ccccc1N2c1cc(-c2ccccc2)ccc1-c1ccccc1. The predicted octanol–water partition coefficient (Wildman–Crippen LogP) is 14.3. The van der Waals surface area contributed by atoms with Crippen LogP contribution in [0.3, 0.4) is 0 Å². The van der Waals surface area contributed by atoms with Crippen LogP contribution in [-0.2, 0) is 0 Å². The van der Waals surface area contributed by atoms with E-state index < -0.39 is 6.29 Å². The third kappa shape index (κ3) is 6.86. The molecule has 0 radical (unpaired) electrons. The molecule has 9 aromatic carbocycles. The van der Waals surface area contributed by atoms with E-state index in [1.165, 1.54) is 67.1 Å². The zero-order valence-corrected chi connectivity index (χ0v) is 37.3. The Morgan fingerprint density at radius 3 is 1.37 bits per heavy atom. The first-order valence-corrected chi connectivity index (χ1v) is 23.7. The fourth-order valence-corrected chi connectivity index (χ4v) is 11.2. The molecule has 0 saturated heterocycles. The van der Waals surface area contributed by atoms with Crippen LogP contribution in [0.4, 0.5) is 17.1 Å². The number of hydrogen-bond acceptors (Lipinski definition) is 5. The number of benzene rings is 9. The molecule has 0 bridgehead atoms. The number of fused-ring (bicyclic) bond motifs is 7. The number of nitrogens with one attached hydrogen (secondary N) is 1. The quantitative estimate of drug-likeness (QED) is 0.155. The van der Waals surface area contributed by atoms with Gasteiger partial charge in [0.05, 0.1) is 12.1 Å². The number of anilines is 3. The Labute approximate surface area is 397 Å². The summed E-state index contributed by atoms with van der Waals surface area (Å²) in [6.07, 6.45) is 4.41. The molecule has 3 heterocycles. The van der Waals surface area contributed by atoms with Crippen LogP contribution in [-0.4, -0.2) is 30.0 Å². The Hall–Kier alpha value is -8.54. The summed E-state index contributed by atoms with van der Waals surface area (Å²) in [6.45, 7) is 0. The second-order valence-corrected chi connectivity index (χ2v) is 18.1. The minimum Gasteiger partial charge on any atom is -0.335 e. The van der Waals surface area contributed by atoms with Crippen molar-refractivity contribution in [2.24, 2.45) is 9.98 Å². The Kier molecular flexibility index (Phi) is 9.78. The Balaban J connectivity index is 0.956. The Morgan fingerprint density at radius 1 is 0.324 bits per heavy atom. The van der Waals surface area contributed by atoms with Gasteiger partial charge in [0.2, 0.25) is 6.29 Å². The maximum Gasteiger partial charge on any atom is 0.221 e. The molecule has 4 aliphatic rings. The Bertz CT molecular complexity index is 3400. The zero-order valence-electron chi connectivity index (χ0n) is 37.3. The molecular formula is C63H47N5. The van der Waals surface area contributed by atoms with Crippen molar-refractivity contribution in [3.63, 3.8) is 0 Å². The summed E-state index contributed by atoms with van der Waals surface area (Å²) in [4.78, 5) is 16.4. The standard InChI is InChI=1S/C63H47N5/c1-5-18-42(19-6-1)48-26-17-27-49(40-48)44-32-34-47(35-33-44)62-64-61(46-24-11-4-12-25-46)65-63(66-62)68-57-31-16-14-29-53(57)55-39-38-54-52-28-13-15-30-56(52)67(59(54)60(55)68)58-41-50(43-20-7-2-8-21-43)36-37-51(58)45-22-9-3-10-23-45/h1-41,54-55,59-60,63H,(H,64,65,66). The van der Waals surface area contributed by atoms with Gasteiger partial charge in [0.1, 0.15) is 11.7 Å². The van der Waals surface area contributed by atoms with E-state index >= 15 is 0 Å². The molecule has 0 spiro atoms. The molecule has 9 aromatic rings. The van der Waals surface area contributed by atoms with E-state index in [1.807, 2.05) is 0 Å². The van der Waals surface area contributed by atoms with Crippen molar-refractivity contribution in [2.45, 2.75) is 30.2 Å². The summed E-state index contributed by atoms with van der Waals surface area (Å²) < 4.78 is 0. The zero-order chi connectivity index (χ0) is 45.0. The van der Waals surface area contributed by atoms with E-state index in [4.69, 9.17) is 9.98 Å². The van der Waals surface area contributed by atoms with Crippen molar-refractivity contribution in [1.29, 1.82) is 0 Å². The van der Waals surface area contributed by atoms with Gasteiger partial charge in [-0.2, -0.15) is 0 Å². The van der Waals surface area contributed by atoms with Gasteiger partial charge in [-0.05, 0) is 74.3 Å². The fraction of sp³-hybridized carbons (Fsp3) is 0.0794. The van der Waals surface area contributed by atoms with Gasteiger partial charge in [-0.15, -0.1) is 0 Å². The average Bonchev–Trinajstić information content (AvgIpc) is 3.95. The lowest BCUT2D eigenvalue weighted by molar-refractivity contribution is 0.414. The summed E-state index contributed by atoms with van der Waals surface area (Å²) >= 11 is 0. The third-order valence-electron chi connectivity index (χ3n) is 14.3. The number of aliphatic imine (C=N–C) groups is 2. The topological polar surface area (TPSA) is 43.2 Å². The highest BCUT2D eigenvalue weighted by atomic mass is 15.4. The maximum atomic E-state index is 5.64. The molecule has 3 aliphatic heterocycles. The van der Waals surface area contributed by atoms with E-state index in [-0.39, 0.29) is 23.9 Å². The van der Waals surface area contributed by atoms with E-state index in [1.54, 1.807) is 0 Å². The van der Waals surface area contributed by atoms with Crippen LogP contribution in [0.25, 0.3) is 44.5 Å². The number of nitrogens with zero attached hydrogens (tertiary/aromatic N) is 4. The smallest absolute Gasteiger partial charge is 0.221 e. The van der Waals surface area contributed by atoms with Gasteiger partial charge in [-0.25, -0.2) is 9.98 Å². The van der Waals surface area contributed by atoms with Gasteiger partial charge < -0.3 is 15.1 Å². The lowest BCUT2D eigenvalue weighted by Gasteiger charge is -2.45. The second-order valence-electron chi connectivity index (χ2n) is 18.1. The molecular weight excluding hydrogens is 827 g/mol. The van der Waals surface area contributed by atoms with Crippen LogP contribution in [0, 0.1) is 0 Å². The predicted molar refractivity (Wildman–Crippen MR) is 281 cm³/mol. The molecule has 5 heteroatoms. The minimum atomic E-state index is -0.554. The molecule has 68 heavy (non-hydrogen) atoms. The highest BCUT2D eigenvalue weighted by molar-refractivity contribution is 6.16. The highest BCUT2D eigenvalue weighted by Gasteiger charge is 2.55. The van der Waals surface area contributed by atoms with Gasteiger partial charge in [0, 0.05) is 45.6 Å². The molecule has 5 atom stereocenters. The highest BCUT2D eigenvalue weighted by Crippen LogP contribution is 2.58. The first-order chi connectivity index (χ1) is 33.7. The lowest BCUT2D eigenvalue weighted by atomic mass is 9.77. The normalized spacial score (nSPS) is 19.8. The molecule has 1 N–H and O–H groups in total. The molecule has 1 aliphatic carbocycles. The number of amidine groups is 2. The van der Waals surface area contributed by atoms with Crippen LogP contribution >= 0.6 is 0 Å². The molecule has 0 amide bonds. The minimum absolute atomic E-state index is 0.0122. The molecule has 0 aromatic heterocycles. The van der Waals surface area contributed by atoms with Crippen molar-refractivity contribution in [1.82, 2.24) is 5.32 Å². The number of hydrogen-bond donors (Lipinski definition) is 1. The summed E-state index contributed by atoms with van der Waals surface area (Å²) in [7, 11) is 0. The van der Waals surface area contributed by atoms with Crippen molar-refractivity contribution < 1.29 is 0 Å². The molecule has 5 nitrogen and oxygen atoms in total. The van der Waals surface area contributed by atoms with Crippen molar-refractivity contribution in [2.75, 3.05) is 9.80 Å². The Morgan fingerprint density at radius 2 is 0.750 bits per heavy atom. The van der Waals surface area contributed by atoms with E-state index in [9.17, 15) is 0 Å². The second kappa shape index (κ2) is 16.7. The van der Waals surface area contributed by atoms with E-state index in [0.717, 1.165) is 28.4 Å².